The quantitative estimate of drug-likeness (QED) is 0.852. The lowest BCUT2D eigenvalue weighted by Crippen LogP contribution is -2.29. The lowest BCUT2D eigenvalue weighted by molar-refractivity contribution is 0.431. The molecule has 1 aromatic rings. The van der Waals surface area contributed by atoms with E-state index in [0.717, 1.165) is 25.8 Å². The predicted octanol–water partition coefficient (Wildman–Crippen LogP) is 3.38. The van der Waals surface area contributed by atoms with Crippen LogP contribution in [0, 0.1) is 11.6 Å². The maximum Gasteiger partial charge on any atom is 0.127 e. The highest BCUT2D eigenvalue weighted by atomic mass is 19.1. The lowest BCUT2D eigenvalue weighted by atomic mass is 9.80. The fourth-order valence-electron chi connectivity index (χ4n) is 2.91. The van der Waals surface area contributed by atoms with Crippen molar-refractivity contribution >= 4 is 0 Å². The molecular formula is C14H19F2N. The van der Waals surface area contributed by atoms with Gasteiger partial charge in [-0.3, -0.25) is 0 Å². The molecule has 0 spiro atoms. The summed E-state index contributed by atoms with van der Waals surface area (Å²) in [5.74, 6) is -0.638. The molecule has 2 unspecified atom stereocenters. The van der Waals surface area contributed by atoms with E-state index >= 15 is 0 Å². The van der Waals surface area contributed by atoms with Crippen LogP contribution in [0.1, 0.15) is 38.7 Å². The van der Waals surface area contributed by atoms with Gasteiger partial charge >= 0.3 is 0 Å². The van der Waals surface area contributed by atoms with E-state index in [0.29, 0.717) is 11.6 Å². The molecule has 94 valence electrons. The van der Waals surface area contributed by atoms with Crippen LogP contribution in [0.15, 0.2) is 18.2 Å². The SMILES string of the molecule is CCNC1CCC(C)(c2cc(F)ccc2F)C1. The van der Waals surface area contributed by atoms with Gasteiger partial charge in [-0.1, -0.05) is 13.8 Å². The second-order valence-corrected chi connectivity index (χ2v) is 5.18. The fourth-order valence-corrected chi connectivity index (χ4v) is 2.91. The third-order valence-corrected chi connectivity index (χ3v) is 3.81. The van der Waals surface area contributed by atoms with Gasteiger partial charge in [0.25, 0.3) is 0 Å². The van der Waals surface area contributed by atoms with Gasteiger partial charge in [-0.15, -0.1) is 0 Å². The van der Waals surface area contributed by atoms with Gasteiger partial charge in [-0.05, 0) is 55.0 Å². The monoisotopic (exact) mass is 239 g/mol. The Hall–Kier alpha value is -0.960. The molecule has 0 saturated heterocycles. The standard InChI is InChI=1S/C14H19F2N/c1-3-17-11-6-7-14(2,9-11)12-8-10(15)4-5-13(12)16/h4-5,8,11,17H,3,6-7,9H2,1-2H3. The van der Waals surface area contributed by atoms with Crippen LogP contribution in [0.2, 0.25) is 0 Å². The zero-order valence-corrected chi connectivity index (χ0v) is 10.4. The summed E-state index contributed by atoms with van der Waals surface area (Å²) in [5, 5.41) is 3.39. The molecule has 0 heterocycles. The molecule has 0 bridgehead atoms. The van der Waals surface area contributed by atoms with Gasteiger partial charge in [-0.2, -0.15) is 0 Å². The van der Waals surface area contributed by atoms with Gasteiger partial charge in [0.05, 0.1) is 0 Å². The maximum absolute atomic E-state index is 13.8. The van der Waals surface area contributed by atoms with E-state index < -0.39 is 0 Å². The second-order valence-electron chi connectivity index (χ2n) is 5.18. The highest BCUT2D eigenvalue weighted by molar-refractivity contribution is 5.29. The topological polar surface area (TPSA) is 12.0 Å². The third kappa shape index (κ3) is 2.49. The molecule has 1 aromatic carbocycles. The Morgan fingerprint density at radius 3 is 2.88 bits per heavy atom. The van der Waals surface area contributed by atoms with Gasteiger partial charge in [0, 0.05) is 6.04 Å². The molecule has 1 fully saturated rings. The van der Waals surface area contributed by atoms with Crippen LogP contribution in [0.3, 0.4) is 0 Å². The highest BCUT2D eigenvalue weighted by Crippen LogP contribution is 2.41. The molecule has 0 radical (unpaired) electrons. The summed E-state index contributed by atoms with van der Waals surface area (Å²) in [6.45, 7) is 5.02. The minimum Gasteiger partial charge on any atom is -0.314 e. The first-order chi connectivity index (χ1) is 8.05. The van der Waals surface area contributed by atoms with Crippen LogP contribution in [-0.4, -0.2) is 12.6 Å². The minimum atomic E-state index is -0.352. The summed E-state index contributed by atoms with van der Waals surface area (Å²) in [7, 11) is 0. The van der Waals surface area contributed by atoms with Crippen molar-refractivity contribution in [3.63, 3.8) is 0 Å². The molecule has 2 rings (SSSR count). The Morgan fingerprint density at radius 1 is 1.41 bits per heavy atom. The van der Waals surface area contributed by atoms with Gasteiger partial charge in [0.15, 0.2) is 0 Å². The third-order valence-electron chi connectivity index (χ3n) is 3.81. The molecule has 17 heavy (non-hydrogen) atoms. The van der Waals surface area contributed by atoms with E-state index in [-0.39, 0.29) is 17.0 Å². The van der Waals surface area contributed by atoms with Crippen LogP contribution in [-0.2, 0) is 5.41 Å². The van der Waals surface area contributed by atoms with Gasteiger partial charge in [-0.25, -0.2) is 8.78 Å². The molecule has 2 atom stereocenters. The minimum absolute atomic E-state index is 0.237. The van der Waals surface area contributed by atoms with E-state index in [1.807, 2.05) is 6.92 Å². The van der Waals surface area contributed by atoms with Crippen LogP contribution in [0.4, 0.5) is 8.78 Å². The number of halogens is 2. The molecule has 3 heteroatoms. The summed E-state index contributed by atoms with van der Waals surface area (Å²) in [5.41, 5.74) is 0.289. The molecule has 1 nitrogen and oxygen atoms in total. The maximum atomic E-state index is 13.8. The van der Waals surface area contributed by atoms with Crippen molar-refractivity contribution in [1.82, 2.24) is 5.32 Å². The van der Waals surface area contributed by atoms with Crippen LogP contribution >= 0.6 is 0 Å². The summed E-state index contributed by atoms with van der Waals surface area (Å²) >= 11 is 0. The van der Waals surface area contributed by atoms with E-state index in [4.69, 9.17) is 0 Å². The van der Waals surface area contributed by atoms with Crippen LogP contribution < -0.4 is 5.32 Å². The summed E-state index contributed by atoms with van der Waals surface area (Å²) in [6.07, 6.45) is 2.81. The summed E-state index contributed by atoms with van der Waals surface area (Å²) in [4.78, 5) is 0. The van der Waals surface area contributed by atoms with Crippen molar-refractivity contribution in [3.05, 3.63) is 35.4 Å². The summed E-state index contributed by atoms with van der Waals surface area (Å²) in [6, 6.07) is 4.19. The van der Waals surface area contributed by atoms with Crippen molar-refractivity contribution in [3.8, 4) is 0 Å². The number of nitrogens with one attached hydrogen (secondary N) is 1. The Bertz CT molecular complexity index is 405. The van der Waals surface area contributed by atoms with Crippen molar-refractivity contribution in [2.45, 2.75) is 44.6 Å². The lowest BCUT2D eigenvalue weighted by Gasteiger charge is -2.25. The average Bonchev–Trinajstić information content (AvgIpc) is 2.66. The molecule has 0 aromatic heterocycles. The van der Waals surface area contributed by atoms with Crippen LogP contribution in [0.25, 0.3) is 0 Å². The van der Waals surface area contributed by atoms with E-state index in [1.54, 1.807) is 0 Å². The Labute approximate surface area is 101 Å². The Kier molecular flexibility index (Phi) is 3.48. The largest absolute Gasteiger partial charge is 0.314 e. The van der Waals surface area contributed by atoms with Crippen molar-refractivity contribution in [2.24, 2.45) is 0 Å². The Morgan fingerprint density at radius 2 is 2.18 bits per heavy atom. The number of hydrogen-bond donors (Lipinski definition) is 1. The zero-order valence-electron chi connectivity index (χ0n) is 10.4. The van der Waals surface area contributed by atoms with Gasteiger partial charge in [0.1, 0.15) is 11.6 Å². The molecule has 1 aliphatic carbocycles. The highest BCUT2D eigenvalue weighted by Gasteiger charge is 2.38. The Balaban J connectivity index is 2.24. The second kappa shape index (κ2) is 4.73. The smallest absolute Gasteiger partial charge is 0.127 e. The number of hydrogen-bond acceptors (Lipinski definition) is 1. The first-order valence-electron chi connectivity index (χ1n) is 6.24. The predicted molar refractivity (Wildman–Crippen MR) is 65.0 cm³/mol. The molecule has 1 aliphatic rings. The number of benzene rings is 1. The van der Waals surface area contributed by atoms with Crippen LogP contribution in [0.5, 0.6) is 0 Å². The molecule has 0 amide bonds. The molecule has 1 saturated carbocycles. The van der Waals surface area contributed by atoms with E-state index in [1.165, 1.54) is 18.2 Å². The van der Waals surface area contributed by atoms with Crippen molar-refractivity contribution < 1.29 is 8.78 Å². The van der Waals surface area contributed by atoms with E-state index in [9.17, 15) is 8.78 Å². The zero-order chi connectivity index (χ0) is 12.5. The normalized spacial score (nSPS) is 28.6. The first kappa shape index (κ1) is 12.5. The average molecular weight is 239 g/mol. The summed E-state index contributed by atoms with van der Waals surface area (Å²) < 4.78 is 27.0. The van der Waals surface area contributed by atoms with Crippen molar-refractivity contribution in [1.29, 1.82) is 0 Å². The van der Waals surface area contributed by atoms with E-state index in [2.05, 4.69) is 12.2 Å². The molecule has 0 aliphatic heterocycles. The molecule has 1 N–H and O–H groups in total. The fraction of sp³-hybridized carbons (Fsp3) is 0.571. The van der Waals surface area contributed by atoms with Gasteiger partial charge in [0.2, 0.25) is 0 Å². The first-order valence-corrected chi connectivity index (χ1v) is 6.24. The number of rotatable bonds is 3. The molecular weight excluding hydrogens is 220 g/mol. The van der Waals surface area contributed by atoms with Crippen molar-refractivity contribution in [2.75, 3.05) is 6.54 Å². The van der Waals surface area contributed by atoms with Gasteiger partial charge < -0.3 is 5.32 Å².